The monoisotopic (exact) mass is 458 g/mol. The Bertz CT molecular complexity index is 1390. The average molecular weight is 459 g/mol. The predicted molar refractivity (Wildman–Crippen MR) is 134 cm³/mol. The van der Waals surface area contributed by atoms with Gasteiger partial charge in [0.15, 0.2) is 4.32 Å². The van der Waals surface area contributed by atoms with Gasteiger partial charge in [0.05, 0.1) is 10.6 Å². The van der Waals surface area contributed by atoms with Crippen LogP contribution in [0.2, 0.25) is 0 Å². The molecule has 6 heteroatoms. The molecule has 0 unspecified atom stereocenters. The number of fused-ring (bicyclic) bond motifs is 1. The molecule has 1 aliphatic heterocycles. The van der Waals surface area contributed by atoms with Crippen LogP contribution in [0, 0.1) is 12.7 Å². The molecule has 3 nitrogen and oxygen atoms in total. The fourth-order valence-electron chi connectivity index (χ4n) is 3.86. The number of carbonyl (C=O) groups excluding carboxylic acids is 1. The van der Waals surface area contributed by atoms with Crippen molar-refractivity contribution in [3.8, 4) is 0 Å². The average Bonchev–Trinajstić information content (AvgIpc) is 3.27. The van der Waals surface area contributed by atoms with Crippen LogP contribution in [0.25, 0.3) is 17.0 Å². The van der Waals surface area contributed by atoms with Crippen LogP contribution in [0.4, 0.5) is 10.1 Å². The molecule has 1 fully saturated rings. The van der Waals surface area contributed by atoms with Gasteiger partial charge in [0, 0.05) is 29.2 Å². The number of hydrogen-bond acceptors (Lipinski definition) is 3. The maximum Gasteiger partial charge on any atom is 0.270 e. The maximum absolute atomic E-state index is 14.3. The van der Waals surface area contributed by atoms with Crippen LogP contribution in [0.3, 0.4) is 0 Å². The van der Waals surface area contributed by atoms with Crippen molar-refractivity contribution in [1.82, 2.24) is 4.57 Å². The zero-order valence-electron chi connectivity index (χ0n) is 17.3. The molecule has 2 heterocycles. The zero-order chi connectivity index (χ0) is 22.2. The van der Waals surface area contributed by atoms with E-state index in [-0.39, 0.29) is 11.6 Å². The molecule has 0 N–H and O–H groups in total. The number of amides is 1. The van der Waals surface area contributed by atoms with E-state index in [1.165, 1.54) is 33.9 Å². The summed E-state index contributed by atoms with van der Waals surface area (Å²) in [5.74, 6) is -0.778. The molecule has 0 atom stereocenters. The molecular weight excluding hydrogens is 439 g/mol. The number of thioether (sulfide) groups is 1. The lowest BCUT2D eigenvalue weighted by Crippen LogP contribution is -2.28. The van der Waals surface area contributed by atoms with Crippen molar-refractivity contribution in [2.45, 2.75) is 13.5 Å². The highest BCUT2D eigenvalue weighted by Crippen LogP contribution is 2.38. The second-order valence-electron chi connectivity index (χ2n) is 7.68. The van der Waals surface area contributed by atoms with Crippen molar-refractivity contribution in [3.63, 3.8) is 0 Å². The standard InChI is InChI=1S/C26H19FN2OS2/c1-17-10-12-18(13-11-17)15-28-16-19(20-6-2-4-8-22(20)28)14-24-25(30)29(26(31)32-24)23-9-5-3-7-21(23)27/h2-14,16H,15H2,1H3/b24-14+. The molecule has 0 aliphatic carbocycles. The minimum atomic E-state index is -0.472. The number of halogens is 1. The first-order chi connectivity index (χ1) is 15.5. The van der Waals surface area contributed by atoms with E-state index in [0.717, 1.165) is 23.0 Å². The molecule has 1 saturated heterocycles. The van der Waals surface area contributed by atoms with Crippen molar-refractivity contribution in [1.29, 1.82) is 0 Å². The summed E-state index contributed by atoms with van der Waals surface area (Å²) in [4.78, 5) is 14.9. The second kappa shape index (κ2) is 8.37. The smallest absolute Gasteiger partial charge is 0.270 e. The van der Waals surface area contributed by atoms with E-state index in [4.69, 9.17) is 12.2 Å². The van der Waals surface area contributed by atoms with Gasteiger partial charge in [0.2, 0.25) is 0 Å². The van der Waals surface area contributed by atoms with E-state index in [9.17, 15) is 9.18 Å². The van der Waals surface area contributed by atoms with Gasteiger partial charge in [-0.2, -0.15) is 0 Å². The van der Waals surface area contributed by atoms with Gasteiger partial charge in [-0.25, -0.2) is 4.39 Å². The highest BCUT2D eigenvalue weighted by atomic mass is 32.2. The van der Waals surface area contributed by atoms with Crippen LogP contribution in [0.5, 0.6) is 0 Å². The fraction of sp³-hybridized carbons (Fsp3) is 0.0769. The van der Waals surface area contributed by atoms with Gasteiger partial charge in [0.25, 0.3) is 5.91 Å². The van der Waals surface area contributed by atoms with Gasteiger partial charge >= 0.3 is 0 Å². The summed E-state index contributed by atoms with van der Waals surface area (Å²) >= 11 is 6.60. The summed E-state index contributed by atoms with van der Waals surface area (Å²) in [6.07, 6.45) is 3.91. The molecule has 0 radical (unpaired) electrons. The maximum atomic E-state index is 14.3. The minimum absolute atomic E-state index is 0.181. The number of benzene rings is 3. The topological polar surface area (TPSA) is 25.2 Å². The van der Waals surface area contributed by atoms with Gasteiger partial charge < -0.3 is 4.57 Å². The SMILES string of the molecule is Cc1ccc(Cn2cc(/C=C3/SC(=S)N(c4ccccc4F)C3=O)c3ccccc32)cc1. The van der Waals surface area contributed by atoms with Gasteiger partial charge in [-0.05, 0) is 36.8 Å². The number of aromatic nitrogens is 1. The summed E-state index contributed by atoms with van der Waals surface area (Å²) in [5, 5.41) is 1.05. The highest BCUT2D eigenvalue weighted by molar-refractivity contribution is 8.27. The van der Waals surface area contributed by atoms with E-state index in [1.54, 1.807) is 18.2 Å². The van der Waals surface area contributed by atoms with Gasteiger partial charge in [-0.1, -0.05) is 84.1 Å². The molecule has 0 spiro atoms. The van der Waals surface area contributed by atoms with Crippen molar-refractivity contribution >= 4 is 56.9 Å². The largest absolute Gasteiger partial charge is 0.342 e. The summed E-state index contributed by atoms with van der Waals surface area (Å²) in [6, 6.07) is 22.8. The van der Waals surface area contributed by atoms with E-state index >= 15 is 0 Å². The number of rotatable bonds is 4. The van der Waals surface area contributed by atoms with E-state index in [1.807, 2.05) is 24.3 Å². The van der Waals surface area contributed by atoms with Gasteiger partial charge in [0.1, 0.15) is 5.82 Å². The Morgan fingerprint density at radius 1 is 1.00 bits per heavy atom. The summed E-state index contributed by atoms with van der Waals surface area (Å²) in [7, 11) is 0. The van der Waals surface area contributed by atoms with Crippen molar-refractivity contribution in [2.24, 2.45) is 0 Å². The number of hydrogen-bond donors (Lipinski definition) is 0. The van der Waals surface area contributed by atoms with E-state index < -0.39 is 5.82 Å². The molecule has 32 heavy (non-hydrogen) atoms. The first-order valence-corrected chi connectivity index (χ1v) is 11.4. The van der Waals surface area contributed by atoms with Crippen LogP contribution in [0.1, 0.15) is 16.7 Å². The quantitative estimate of drug-likeness (QED) is 0.256. The Kier molecular flexibility index (Phi) is 5.41. The Labute approximate surface area is 195 Å². The van der Waals surface area contributed by atoms with Crippen LogP contribution >= 0.6 is 24.0 Å². The van der Waals surface area contributed by atoms with Crippen LogP contribution < -0.4 is 4.90 Å². The van der Waals surface area contributed by atoms with Crippen molar-refractivity contribution in [3.05, 3.63) is 106 Å². The van der Waals surface area contributed by atoms with E-state index in [0.29, 0.717) is 9.23 Å². The Morgan fingerprint density at radius 3 is 2.50 bits per heavy atom. The molecule has 1 aromatic heterocycles. The van der Waals surface area contributed by atoms with Crippen LogP contribution in [0.15, 0.2) is 83.9 Å². The molecule has 4 aromatic rings. The number of nitrogens with zero attached hydrogens (tertiary/aromatic N) is 2. The minimum Gasteiger partial charge on any atom is -0.342 e. The zero-order valence-corrected chi connectivity index (χ0v) is 18.9. The number of thiocarbonyl (C=S) groups is 1. The van der Waals surface area contributed by atoms with Crippen LogP contribution in [-0.4, -0.2) is 14.8 Å². The third-order valence-electron chi connectivity index (χ3n) is 5.47. The third kappa shape index (κ3) is 3.76. The second-order valence-corrected chi connectivity index (χ2v) is 9.36. The Balaban J connectivity index is 1.53. The summed E-state index contributed by atoms with van der Waals surface area (Å²) in [5.41, 5.74) is 4.63. The number of aryl methyl sites for hydroxylation is 1. The lowest BCUT2D eigenvalue weighted by Gasteiger charge is -2.14. The molecule has 1 amide bonds. The molecule has 0 bridgehead atoms. The summed E-state index contributed by atoms with van der Waals surface area (Å²) in [6.45, 7) is 2.80. The first kappa shape index (κ1) is 20.7. The van der Waals surface area contributed by atoms with Crippen molar-refractivity contribution in [2.75, 3.05) is 4.90 Å². The number of para-hydroxylation sites is 2. The fourth-order valence-corrected chi connectivity index (χ4v) is 5.14. The molecule has 158 valence electrons. The number of carbonyl (C=O) groups is 1. The highest BCUT2D eigenvalue weighted by Gasteiger charge is 2.34. The molecule has 0 saturated carbocycles. The third-order valence-corrected chi connectivity index (χ3v) is 6.77. The van der Waals surface area contributed by atoms with Gasteiger partial charge in [-0.15, -0.1) is 0 Å². The summed E-state index contributed by atoms with van der Waals surface area (Å²) < 4.78 is 16.8. The molecule has 5 rings (SSSR count). The van der Waals surface area contributed by atoms with Gasteiger partial charge in [-0.3, -0.25) is 9.69 Å². The Morgan fingerprint density at radius 2 is 1.72 bits per heavy atom. The predicted octanol–water partition coefficient (Wildman–Crippen LogP) is 6.54. The van der Waals surface area contributed by atoms with E-state index in [2.05, 4.69) is 48.0 Å². The lowest BCUT2D eigenvalue weighted by atomic mass is 10.1. The van der Waals surface area contributed by atoms with Crippen molar-refractivity contribution < 1.29 is 9.18 Å². The molecular formula is C26H19FN2OS2. The van der Waals surface area contributed by atoms with Crippen LogP contribution in [-0.2, 0) is 11.3 Å². The normalized spacial score (nSPS) is 15.3. The Hall–Kier alpha value is -3.22. The molecule has 3 aromatic carbocycles. The number of anilines is 1. The first-order valence-electron chi connectivity index (χ1n) is 10.2. The molecule has 1 aliphatic rings. The lowest BCUT2D eigenvalue weighted by molar-refractivity contribution is -0.113.